The highest BCUT2D eigenvalue weighted by atomic mass is 16.5. The lowest BCUT2D eigenvalue weighted by molar-refractivity contribution is -0.0171. The largest absolute Gasteiger partial charge is 0.376 e. The van der Waals surface area contributed by atoms with Crippen molar-refractivity contribution in [2.45, 2.75) is 69.4 Å². The second kappa shape index (κ2) is 10.3. The van der Waals surface area contributed by atoms with Gasteiger partial charge >= 0.3 is 6.03 Å². The summed E-state index contributed by atoms with van der Waals surface area (Å²) in [4.78, 5) is 14.8. The summed E-state index contributed by atoms with van der Waals surface area (Å²) in [5.41, 5.74) is 2.52. The summed E-state index contributed by atoms with van der Waals surface area (Å²) >= 11 is 0. The molecule has 1 saturated carbocycles. The van der Waals surface area contributed by atoms with E-state index in [0.29, 0.717) is 19.1 Å². The van der Waals surface area contributed by atoms with Gasteiger partial charge in [-0.15, -0.1) is 0 Å². The Kier molecular flexibility index (Phi) is 7.28. The number of hydrogen-bond acceptors (Lipinski definition) is 3. The van der Waals surface area contributed by atoms with Crippen LogP contribution in [-0.4, -0.2) is 52.6 Å². The van der Waals surface area contributed by atoms with E-state index < -0.39 is 0 Å². The van der Waals surface area contributed by atoms with Gasteiger partial charge in [-0.05, 0) is 63.0 Å². The van der Waals surface area contributed by atoms with Crippen molar-refractivity contribution < 1.29 is 9.53 Å². The van der Waals surface area contributed by atoms with Gasteiger partial charge in [-0.2, -0.15) is 5.10 Å². The Labute approximate surface area is 186 Å². The number of aromatic nitrogens is 2. The minimum absolute atomic E-state index is 0.0181. The molecular formula is C25H36N4O2. The first-order valence-corrected chi connectivity index (χ1v) is 11.9. The molecule has 6 nitrogen and oxygen atoms in total. The molecule has 0 spiro atoms. The van der Waals surface area contributed by atoms with Crippen LogP contribution in [0.5, 0.6) is 0 Å². The number of piperidine rings is 1. The minimum Gasteiger partial charge on any atom is -0.376 e. The molecule has 0 radical (unpaired) electrons. The third kappa shape index (κ3) is 5.29. The number of nitrogens with zero attached hydrogens (tertiary/aromatic N) is 3. The van der Waals surface area contributed by atoms with Gasteiger partial charge in [0.15, 0.2) is 0 Å². The fourth-order valence-corrected chi connectivity index (χ4v) is 5.27. The number of carbonyl (C=O) groups excluding carboxylic acids is 1. The number of carbonyl (C=O) groups is 1. The predicted octanol–water partition coefficient (Wildman–Crippen LogP) is 4.44. The van der Waals surface area contributed by atoms with Crippen molar-refractivity contribution in [2.75, 3.05) is 19.7 Å². The van der Waals surface area contributed by atoms with Gasteiger partial charge in [0.25, 0.3) is 0 Å². The number of nitrogens with one attached hydrogen (secondary N) is 1. The molecule has 2 fully saturated rings. The third-order valence-corrected chi connectivity index (χ3v) is 6.93. The van der Waals surface area contributed by atoms with E-state index in [4.69, 9.17) is 4.74 Å². The van der Waals surface area contributed by atoms with Gasteiger partial charge in [-0.25, -0.2) is 4.79 Å². The van der Waals surface area contributed by atoms with Crippen molar-refractivity contribution in [1.82, 2.24) is 20.0 Å². The molecule has 31 heavy (non-hydrogen) atoms. The van der Waals surface area contributed by atoms with E-state index in [2.05, 4.69) is 46.8 Å². The van der Waals surface area contributed by atoms with Crippen LogP contribution in [-0.2, 0) is 11.8 Å². The summed E-state index contributed by atoms with van der Waals surface area (Å²) in [6, 6.07) is 13.0. The second-order valence-corrected chi connectivity index (χ2v) is 8.98. The second-order valence-electron chi connectivity index (χ2n) is 8.98. The normalized spacial score (nSPS) is 26.6. The molecule has 0 bridgehead atoms. The van der Waals surface area contributed by atoms with Gasteiger partial charge in [0.05, 0.1) is 24.4 Å². The number of aryl methyl sites for hydroxylation is 1. The lowest BCUT2D eigenvalue weighted by Gasteiger charge is -2.41. The highest BCUT2D eigenvalue weighted by Crippen LogP contribution is 2.36. The van der Waals surface area contributed by atoms with Crippen molar-refractivity contribution in [3.63, 3.8) is 0 Å². The molecular weight excluding hydrogens is 388 g/mol. The summed E-state index contributed by atoms with van der Waals surface area (Å²) in [5, 5.41) is 7.66. The van der Waals surface area contributed by atoms with Crippen molar-refractivity contribution >= 4 is 6.03 Å². The number of benzene rings is 1. The van der Waals surface area contributed by atoms with E-state index in [1.807, 2.05) is 29.7 Å². The Morgan fingerprint density at radius 2 is 1.90 bits per heavy atom. The van der Waals surface area contributed by atoms with Crippen molar-refractivity contribution in [1.29, 1.82) is 0 Å². The molecule has 1 aliphatic carbocycles. The van der Waals surface area contributed by atoms with Crippen LogP contribution >= 0.6 is 0 Å². The number of urea groups is 1. The summed E-state index contributed by atoms with van der Waals surface area (Å²) in [6.07, 6.45) is 8.82. The van der Waals surface area contributed by atoms with Gasteiger partial charge in [0, 0.05) is 32.3 Å². The smallest absolute Gasteiger partial charge is 0.317 e. The van der Waals surface area contributed by atoms with Crippen LogP contribution in [0.15, 0.2) is 42.6 Å². The molecule has 2 aliphatic rings. The molecule has 6 heteroatoms. The van der Waals surface area contributed by atoms with E-state index in [1.54, 1.807) is 0 Å². The SMILES string of the molecule is CCNC(=O)N1CCC[C@H](c2ccn(C)n2)[C@@H]1COC1CCC(c2ccccc2)CC1. The Morgan fingerprint density at radius 3 is 2.58 bits per heavy atom. The Morgan fingerprint density at radius 1 is 1.13 bits per heavy atom. The van der Waals surface area contributed by atoms with Gasteiger partial charge in [-0.3, -0.25) is 4.68 Å². The molecule has 1 aromatic heterocycles. The molecule has 2 atom stereocenters. The van der Waals surface area contributed by atoms with Gasteiger partial charge in [0.2, 0.25) is 0 Å². The molecule has 2 amide bonds. The molecule has 1 saturated heterocycles. The van der Waals surface area contributed by atoms with Gasteiger partial charge in [-0.1, -0.05) is 30.3 Å². The maximum atomic E-state index is 12.8. The van der Waals surface area contributed by atoms with Crippen LogP contribution in [0, 0.1) is 0 Å². The van der Waals surface area contributed by atoms with Crippen LogP contribution in [0.2, 0.25) is 0 Å². The molecule has 4 rings (SSSR count). The average molecular weight is 425 g/mol. The van der Waals surface area contributed by atoms with Crippen molar-refractivity contribution in [3.05, 3.63) is 53.9 Å². The molecule has 0 unspecified atom stereocenters. The van der Waals surface area contributed by atoms with Gasteiger partial charge in [0.1, 0.15) is 0 Å². The van der Waals surface area contributed by atoms with Crippen LogP contribution in [0.1, 0.15) is 68.5 Å². The van der Waals surface area contributed by atoms with Crippen LogP contribution < -0.4 is 5.32 Å². The zero-order chi connectivity index (χ0) is 21.6. The van der Waals surface area contributed by atoms with Crippen LogP contribution in [0.4, 0.5) is 4.79 Å². The maximum absolute atomic E-state index is 12.8. The Balaban J connectivity index is 1.39. The number of ether oxygens (including phenoxy) is 1. The average Bonchev–Trinajstić information content (AvgIpc) is 3.24. The summed E-state index contributed by atoms with van der Waals surface area (Å²) in [6.45, 7) is 3.97. The fraction of sp³-hybridized carbons (Fsp3) is 0.600. The number of likely N-dealkylation sites (tertiary alicyclic amines) is 1. The summed E-state index contributed by atoms with van der Waals surface area (Å²) in [5.74, 6) is 0.863. The van der Waals surface area contributed by atoms with Crippen LogP contribution in [0.3, 0.4) is 0 Å². The minimum atomic E-state index is 0.0181. The maximum Gasteiger partial charge on any atom is 0.317 e. The van der Waals surface area contributed by atoms with Crippen molar-refractivity contribution in [2.24, 2.45) is 7.05 Å². The predicted molar refractivity (Wildman–Crippen MR) is 122 cm³/mol. The van der Waals surface area contributed by atoms with Crippen molar-refractivity contribution in [3.8, 4) is 0 Å². The zero-order valence-electron chi connectivity index (χ0n) is 18.9. The lowest BCUT2D eigenvalue weighted by atomic mass is 9.82. The van der Waals surface area contributed by atoms with Crippen LogP contribution in [0.25, 0.3) is 0 Å². The zero-order valence-corrected chi connectivity index (χ0v) is 18.9. The summed E-state index contributed by atoms with van der Waals surface area (Å²) in [7, 11) is 1.95. The molecule has 2 aromatic rings. The Bertz CT molecular complexity index is 829. The Hall–Kier alpha value is -2.34. The highest BCUT2D eigenvalue weighted by Gasteiger charge is 2.37. The van der Waals surface area contributed by atoms with E-state index in [0.717, 1.165) is 37.9 Å². The number of amides is 2. The summed E-state index contributed by atoms with van der Waals surface area (Å²) < 4.78 is 8.32. The first-order valence-electron chi connectivity index (χ1n) is 11.9. The first kappa shape index (κ1) is 21.9. The molecule has 168 valence electrons. The topological polar surface area (TPSA) is 59.4 Å². The van der Waals surface area contributed by atoms with E-state index in [1.165, 1.54) is 18.4 Å². The van der Waals surface area contributed by atoms with E-state index in [9.17, 15) is 4.79 Å². The molecule has 1 aliphatic heterocycles. The fourth-order valence-electron chi connectivity index (χ4n) is 5.27. The first-order chi connectivity index (χ1) is 15.2. The third-order valence-electron chi connectivity index (χ3n) is 6.93. The monoisotopic (exact) mass is 424 g/mol. The highest BCUT2D eigenvalue weighted by molar-refractivity contribution is 5.74. The van der Waals surface area contributed by atoms with E-state index >= 15 is 0 Å². The number of hydrogen-bond donors (Lipinski definition) is 1. The lowest BCUT2D eigenvalue weighted by Crippen LogP contribution is -2.53. The van der Waals surface area contributed by atoms with Gasteiger partial charge < -0.3 is 15.0 Å². The quantitative estimate of drug-likeness (QED) is 0.746. The number of rotatable bonds is 6. The molecule has 1 aromatic carbocycles. The molecule has 2 heterocycles. The standard InChI is InChI=1S/C25H36N4O2/c1-3-26-25(30)29-16-7-10-22(23-15-17-28(2)27-23)24(29)18-31-21-13-11-20(12-14-21)19-8-5-4-6-9-19/h4-6,8-9,15,17,20-22,24H,3,7,10-14,16,18H2,1-2H3,(H,26,30)/t20?,21?,22-,24+/m1/s1. The van der Waals surface area contributed by atoms with E-state index in [-0.39, 0.29) is 24.1 Å². The molecule has 1 N–H and O–H groups in total.